The smallest absolute Gasteiger partial charge is 0.142 e. The molecule has 2 aromatic carbocycles. The van der Waals surface area contributed by atoms with Crippen molar-refractivity contribution in [3.05, 3.63) is 42.6 Å². The van der Waals surface area contributed by atoms with Gasteiger partial charge in [0.2, 0.25) is 0 Å². The summed E-state index contributed by atoms with van der Waals surface area (Å²) in [5.74, 6) is 4.25. The number of anilines is 3. The van der Waals surface area contributed by atoms with Crippen molar-refractivity contribution < 1.29 is 9.47 Å². The molecule has 0 aliphatic heterocycles. The lowest BCUT2D eigenvalue weighted by Crippen LogP contribution is -2.21. The molecule has 6 nitrogen and oxygen atoms in total. The molecule has 1 aromatic heterocycles. The van der Waals surface area contributed by atoms with Crippen molar-refractivity contribution in [2.45, 2.75) is 46.0 Å². The number of nitrogens with zero attached hydrogens (tertiary/aromatic N) is 3. The quantitative estimate of drug-likeness (QED) is 0.375. The van der Waals surface area contributed by atoms with Crippen molar-refractivity contribution in [3.63, 3.8) is 0 Å². The number of fused-ring (bicyclic) bond motifs is 1. The summed E-state index contributed by atoms with van der Waals surface area (Å²) in [4.78, 5) is 11.3. The molecule has 0 spiro atoms. The fourth-order valence-corrected chi connectivity index (χ4v) is 4.73. The number of nitrogens with two attached hydrogens (primary N) is 1. The van der Waals surface area contributed by atoms with Gasteiger partial charge in [0.1, 0.15) is 17.3 Å². The zero-order valence-corrected chi connectivity index (χ0v) is 20.3. The minimum atomic E-state index is 0.428. The normalized spacial score (nSPS) is 18.2. The minimum Gasteiger partial charge on any atom is -0.497 e. The van der Waals surface area contributed by atoms with E-state index in [1.54, 1.807) is 20.4 Å². The number of rotatable bonds is 11. The molecule has 2 N–H and O–H groups in total. The van der Waals surface area contributed by atoms with E-state index in [1.165, 1.54) is 32.1 Å². The zero-order chi connectivity index (χ0) is 23.4. The van der Waals surface area contributed by atoms with Gasteiger partial charge in [-0.05, 0) is 48.8 Å². The molecule has 0 amide bonds. The summed E-state index contributed by atoms with van der Waals surface area (Å²) >= 11 is 0. The van der Waals surface area contributed by atoms with Gasteiger partial charge < -0.3 is 20.1 Å². The van der Waals surface area contributed by atoms with Gasteiger partial charge in [-0.15, -0.1) is 0 Å². The molecule has 1 aliphatic rings. The Hall–Kier alpha value is -3.02. The van der Waals surface area contributed by atoms with Crippen molar-refractivity contribution in [2.24, 2.45) is 17.8 Å². The highest BCUT2D eigenvalue weighted by molar-refractivity contribution is 5.82. The Morgan fingerprint density at radius 1 is 1.03 bits per heavy atom. The number of methoxy groups -OCH3 is 2. The SMILES string of the molecule is CCCCC(C)CC1CC1CN(c1cc(OC)cc(OC)c1)c1ccc2ncc(N)nc2c1. The van der Waals surface area contributed by atoms with Crippen molar-refractivity contribution in [3.8, 4) is 11.5 Å². The van der Waals surface area contributed by atoms with Gasteiger partial charge in [-0.25, -0.2) is 4.98 Å². The Morgan fingerprint density at radius 3 is 2.48 bits per heavy atom. The van der Waals surface area contributed by atoms with Crippen molar-refractivity contribution in [2.75, 3.05) is 31.4 Å². The maximum absolute atomic E-state index is 5.91. The summed E-state index contributed by atoms with van der Waals surface area (Å²) in [7, 11) is 3.37. The summed E-state index contributed by atoms with van der Waals surface area (Å²) in [6, 6.07) is 12.2. The van der Waals surface area contributed by atoms with Crippen LogP contribution in [0.3, 0.4) is 0 Å². The first-order chi connectivity index (χ1) is 16.0. The molecule has 3 unspecified atom stereocenters. The van der Waals surface area contributed by atoms with Gasteiger partial charge in [-0.2, -0.15) is 0 Å². The average molecular weight is 449 g/mol. The largest absolute Gasteiger partial charge is 0.497 e. The number of aromatic nitrogens is 2. The standard InChI is InChI=1S/C27H36N4O2/c1-5-6-7-18(2)10-19-11-20(19)17-31(22-12-23(32-3)15-24(13-22)33-4)21-8-9-25-26(14-21)30-27(28)16-29-25/h8-9,12-16,18-20H,5-7,10-11,17H2,1-4H3,(H2,28,30). The van der Waals surface area contributed by atoms with Gasteiger partial charge in [-0.1, -0.05) is 33.1 Å². The molecule has 0 bridgehead atoms. The second-order valence-electron chi connectivity index (χ2n) is 9.39. The van der Waals surface area contributed by atoms with E-state index >= 15 is 0 Å². The number of unbranched alkanes of at least 4 members (excludes halogenated alkanes) is 1. The van der Waals surface area contributed by atoms with E-state index < -0.39 is 0 Å². The Bertz CT molecular complexity index is 1060. The number of benzene rings is 2. The van der Waals surface area contributed by atoms with Crippen LogP contribution in [0.4, 0.5) is 17.2 Å². The van der Waals surface area contributed by atoms with Crippen LogP contribution in [0, 0.1) is 17.8 Å². The average Bonchev–Trinajstić information content (AvgIpc) is 3.57. The number of hydrogen-bond acceptors (Lipinski definition) is 6. The fraction of sp³-hybridized carbons (Fsp3) is 0.481. The first kappa shape index (κ1) is 23.1. The van der Waals surface area contributed by atoms with Crippen LogP contribution in [0.5, 0.6) is 11.5 Å². The van der Waals surface area contributed by atoms with Crippen LogP contribution in [-0.2, 0) is 0 Å². The van der Waals surface area contributed by atoms with Crippen molar-refractivity contribution in [1.82, 2.24) is 9.97 Å². The van der Waals surface area contributed by atoms with E-state index in [2.05, 4.69) is 53.0 Å². The molecule has 0 radical (unpaired) electrons. The van der Waals surface area contributed by atoms with Gasteiger partial charge in [0.15, 0.2) is 0 Å². The van der Waals surface area contributed by atoms with Gasteiger partial charge in [0.05, 0.1) is 31.4 Å². The maximum atomic E-state index is 5.91. The summed E-state index contributed by atoms with van der Waals surface area (Å²) in [6.07, 6.45) is 8.14. The van der Waals surface area contributed by atoms with Crippen molar-refractivity contribution >= 4 is 28.2 Å². The van der Waals surface area contributed by atoms with E-state index in [-0.39, 0.29) is 0 Å². The Morgan fingerprint density at radius 2 is 1.79 bits per heavy atom. The molecule has 1 heterocycles. The van der Waals surface area contributed by atoms with Gasteiger partial charge in [-0.3, -0.25) is 4.98 Å². The molecule has 3 atom stereocenters. The van der Waals surface area contributed by atoms with Crippen LogP contribution in [0.2, 0.25) is 0 Å². The molecule has 176 valence electrons. The highest BCUT2D eigenvalue weighted by Gasteiger charge is 2.39. The molecule has 1 saturated carbocycles. The molecule has 1 aliphatic carbocycles. The Kier molecular flexibility index (Phi) is 7.21. The number of ether oxygens (including phenoxy) is 2. The third kappa shape index (κ3) is 5.67. The molecule has 1 fully saturated rings. The highest BCUT2D eigenvalue weighted by atomic mass is 16.5. The van der Waals surface area contributed by atoms with E-state index in [4.69, 9.17) is 15.2 Å². The lowest BCUT2D eigenvalue weighted by atomic mass is 9.97. The third-order valence-electron chi connectivity index (χ3n) is 6.75. The van der Waals surface area contributed by atoms with Crippen molar-refractivity contribution in [1.29, 1.82) is 0 Å². The minimum absolute atomic E-state index is 0.428. The molecular formula is C27H36N4O2. The van der Waals surface area contributed by atoms with E-state index in [0.29, 0.717) is 11.7 Å². The Labute approximate surface area is 197 Å². The molecule has 33 heavy (non-hydrogen) atoms. The zero-order valence-electron chi connectivity index (χ0n) is 20.3. The van der Waals surface area contributed by atoms with Crippen LogP contribution in [0.15, 0.2) is 42.6 Å². The summed E-state index contributed by atoms with van der Waals surface area (Å²) in [5.41, 5.74) is 9.66. The monoisotopic (exact) mass is 448 g/mol. The van der Waals surface area contributed by atoms with Crippen LogP contribution in [0.25, 0.3) is 11.0 Å². The maximum Gasteiger partial charge on any atom is 0.142 e. The fourth-order valence-electron chi connectivity index (χ4n) is 4.73. The molecule has 0 saturated heterocycles. The Balaban J connectivity index is 1.62. The van der Waals surface area contributed by atoms with Gasteiger partial charge in [0, 0.05) is 36.1 Å². The molecular weight excluding hydrogens is 412 g/mol. The van der Waals surface area contributed by atoms with Crippen LogP contribution >= 0.6 is 0 Å². The number of hydrogen-bond donors (Lipinski definition) is 1. The van der Waals surface area contributed by atoms with E-state index in [9.17, 15) is 0 Å². The lowest BCUT2D eigenvalue weighted by molar-refractivity contribution is 0.394. The van der Waals surface area contributed by atoms with Crippen LogP contribution < -0.4 is 20.1 Å². The van der Waals surface area contributed by atoms with Crippen LogP contribution in [0.1, 0.15) is 46.0 Å². The highest BCUT2D eigenvalue weighted by Crippen LogP contribution is 2.46. The second-order valence-corrected chi connectivity index (χ2v) is 9.39. The van der Waals surface area contributed by atoms with Gasteiger partial charge >= 0.3 is 0 Å². The van der Waals surface area contributed by atoms with Crippen LogP contribution in [-0.4, -0.2) is 30.7 Å². The van der Waals surface area contributed by atoms with E-state index in [1.807, 2.05) is 12.1 Å². The van der Waals surface area contributed by atoms with E-state index in [0.717, 1.165) is 52.3 Å². The third-order valence-corrected chi connectivity index (χ3v) is 6.75. The first-order valence-electron chi connectivity index (χ1n) is 12.0. The molecule has 4 rings (SSSR count). The second kappa shape index (κ2) is 10.3. The predicted octanol–water partition coefficient (Wildman–Crippen LogP) is 6.22. The predicted molar refractivity (Wildman–Crippen MR) is 135 cm³/mol. The molecule has 6 heteroatoms. The summed E-state index contributed by atoms with van der Waals surface area (Å²) in [5, 5.41) is 0. The molecule has 3 aromatic rings. The first-order valence-corrected chi connectivity index (χ1v) is 12.0. The van der Waals surface area contributed by atoms with Gasteiger partial charge in [0.25, 0.3) is 0 Å². The number of nitrogen functional groups attached to an aromatic ring is 1. The summed E-state index contributed by atoms with van der Waals surface area (Å²) < 4.78 is 11.1. The summed E-state index contributed by atoms with van der Waals surface area (Å²) in [6.45, 7) is 5.62. The lowest BCUT2D eigenvalue weighted by Gasteiger charge is -2.26. The topological polar surface area (TPSA) is 73.5 Å².